The Morgan fingerprint density at radius 1 is 1.00 bits per heavy atom. The van der Waals surface area contributed by atoms with Crippen LogP contribution in [0.5, 0.6) is 5.75 Å². The summed E-state index contributed by atoms with van der Waals surface area (Å²) >= 11 is 0. The lowest BCUT2D eigenvalue weighted by Gasteiger charge is -2.27. The third-order valence-electron chi connectivity index (χ3n) is 4.38. The molecule has 0 fully saturated rings. The van der Waals surface area contributed by atoms with Gasteiger partial charge in [0.1, 0.15) is 5.75 Å². The molecule has 0 saturated carbocycles. The quantitative estimate of drug-likeness (QED) is 0.459. The molecule has 0 atom stereocenters. The molecule has 2 rings (SSSR count). The van der Waals surface area contributed by atoms with Gasteiger partial charge in [0, 0.05) is 18.3 Å². The van der Waals surface area contributed by atoms with Crippen molar-refractivity contribution < 1.29 is 26.9 Å². The summed E-state index contributed by atoms with van der Waals surface area (Å²) in [6.07, 6.45) is 0. The molecule has 8 nitrogen and oxygen atoms in total. The summed E-state index contributed by atoms with van der Waals surface area (Å²) in [7, 11) is -3.59. The minimum absolute atomic E-state index is 0.0878. The van der Waals surface area contributed by atoms with E-state index in [-0.39, 0.29) is 23.6 Å². The van der Waals surface area contributed by atoms with E-state index < -0.39 is 16.1 Å². The number of rotatable bonds is 9. The average molecular weight is 449 g/mol. The van der Waals surface area contributed by atoms with E-state index in [1.165, 1.54) is 6.92 Å². The number of carbonyl (C=O) groups excluding carboxylic acids is 2. The first-order valence-corrected chi connectivity index (χ1v) is 11.6. The maximum absolute atomic E-state index is 12.8. The first-order chi connectivity index (χ1) is 14.6. The highest BCUT2D eigenvalue weighted by Crippen LogP contribution is 2.18. The Labute approximate surface area is 183 Å². The molecule has 0 aliphatic carbocycles. The van der Waals surface area contributed by atoms with Crippen molar-refractivity contribution in [3.8, 4) is 5.75 Å². The summed E-state index contributed by atoms with van der Waals surface area (Å²) in [6.45, 7) is 7.66. The zero-order chi connectivity index (χ0) is 23.0. The van der Waals surface area contributed by atoms with Gasteiger partial charge in [-0.05, 0) is 69.7 Å². The summed E-state index contributed by atoms with van der Waals surface area (Å²) < 4.78 is 33.1. The molecule has 2 aromatic rings. The van der Waals surface area contributed by atoms with Gasteiger partial charge in [-0.3, -0.25) is 0 Å². The van der Waals surface area contributed by atoms with Crippen molar-refractivity contribution in [2.75, 3.05) is 17.7 Å². The summed E-state index contributed by atoms with van der Waals surface area (Å²) in [6, 6.07) is 12.6. The SMILES string of the molecule is CCOC(=O)c1ccc(NC(=O)N(Cc2ccc(OS(=O)(=O)CC)cc2)C(C)C)cc1. The van der Waals surface area contributed by atoms with Gasteiger partial charge >= 0.3 is 22.1 Å². The summed E-state index contributed by atoms with van der Waals surface area (Å²) in [5.41, 5.74) is 1.79. The van der Waals surface area contributed by atoms with Crippen LogP contribution < -0.4 is 9.50 Å². The second-order valence-corrected chi connectivity index (χ2v) is 8.88. The highest BCUT2D eigenvalue weighted by atomic mass is 32.2. The van der Waals surface area contributed by atoms with Crippen molar-refractivity contribution in [1.29, 1.82) is 0 Å². The molecule has 2 aromatic carbocycles. The Morgan fingerprint density at radius 3 is 2.13 bits per heavy atom. The van der Waals surface area contributed by atoms with Crippen LogP contribution in [-0.4, -0.2) is 43.7 Å². The second-order valence-electron chi connectivity index (χ2n) is 7.02. The molecule has 0 unspecified atom stereocenters. The number of nitrogens with zero attached hydrogens (tertiary/aromatic N) is 1. The maximum Gasteiger partial charge on any atom is 0.338 e. The lowest BCUT2D eigenvalue weighted by Crippen LogP contribution is -2.39. The highest BCUT2D eigenvalue weighted by Gasteiger charge is 2.18. The van der Waals surface area contributed by atoms with E-state index in [1.807, 2.05) is 13.8 Å². The molecule has 0 radical (unpaired) electrons. The van der Waals surface area contributed by atoms with Crippen LogP contribution >= 0.6 is 0 Å². The van der Waals surface area contributed by atoms with Crippen molar-refractivity contribution in [2.24, 2.45) is 0 Å². The lowest BCUT2D eigenvalue weighted by molar-refractivity contribution is 0.0526. The third-order valence-corrected chi connectivity index (χ3v) is 5.54. The van der Waals surface area contributed by atoms with Crippen molar-refractivity contribution in [2.45, 2.75) is 40.3 Å². The van der Waals surface area contributed by atoms with Crippen LogP contribution in [0.15, 0.2) is 48.5 Å². The number of esters is 1. The number of anilines is 1. The minimum atomic E-state index is -3.59. The van der Waals surface area contributed by atoms with E-state index in [2.05, 4.69) is 5.32 Å². The molecule has 0 spiro atoms. The summed E-state index contributed by atoms with van der Waals surface area (Å²) in [5.74, 6) is -0.298. The normalized spacial score (nSPS) is 11.1. The molecule has 0 heterocycles. The second kappa shape index (κ2) is 10.8. The average Bonchev–Trinajstić information content (AvgIpc) is 2.73. The standard InChI is InChI=1S/C22H28N2O6S/c1-5-29-21(25)18-9-11-19(12-10-18)23-22(26)24(16(3)4)15-17-7-13-20(14-8-17)30-31(27,28)6-2/h7-14,16H,5-6,15H2,1-4H3,(H,23,26). The number of nitrogens with one attached hydrogen (secondary N) is 1. The third kappa shape index (κ3) is 7.29. The van der Waals surface area contributed by atoms with Crippen LogP contribution in [-0.2, 0) is 21.4 Å². The van der Waals surface area contributed by atoms with Crippen molar-refractivity contribution >= 4 is 27.8 Å². The van der Waals surface area contributed by atoms with Gasteiger partial charge in [-0.15, -0.1) is 0 Å². The lowest BCUT2D eigenvalue weighted by atomic mass is 10.2. The Balaban J connectivity index is 2.05. The predicted octanol–water partition coefficient (Wildman–Crippen LogP) is 4.03. The van der Waals surface area contributed by atoms with Gasteiger partial charge in [-0.1, -0.05) is 12.1 Å². The first-order valence-electron chi connectivity index (χ1n) is 10.0. The number of benzene rings is 2. The van der Waals surface area contributed by atoms with Gasteiger partial charge in [0.25, 0.3) is 0 Å². The van der Waals surface area contributed by atoms with Gasteiger partial charge < -0.3 is 19.1 Å². The van der Waals surface area contributed by atoms with Gasteiger partial charge in [-0.2, -0.15) is 8.42 Å². The molecule has 0 aliphatic rings. The van der Waals surface area contributed by atoms with Crippen LogP contribution in [0, 0.1) is 0 Å². The van der Waals surface area contributed by atoms with E-state index >= 15 is 0 Å². The van der Waals surface area contributed by atoms with Gasteiger partial charge in [0.15, 0.2) is 0 Å². The van der Waals surface area contributed by atoms with Crippen LogP contribution in [0.1, 0.15) is 43.6 Å². The molecule has 0 aliphatic heterocycles. The minimum Gasteiger partial charge on any atom is -0.462 e. The summed E-state index contributed by atoms with van der Waals surface area (Å²) in [5, 5.41) is 2.82. The number of urea groups is 1. The summed E-state index contributed by atoms with van der Waals surface area (Å²) in [4.78, 5) is 26.2. The molecular weight excluding hydrogens is 420 g/mol. The number of ether oxygens (including phenoxy) is 1. The van der Waals surface area contributed by atoms with E-state index in [0.717, 1.165) is 5.56 Å². The Bertz CT molecular complexity index is 986. The highest BCUT2D eigenvalue weighted by molar-refractivity contribution is 7.87. The monoisotopic (exact) mass is 448 g/mol. The van der Waals surface area contributed by atoms with Crippen molar-refractivity contribution in [1.82, 2.24) is 4.90 Å². The smallest absolute Gasteiger partial charge is 0.338 e. The number of amides is 2. The molecule has 0 aromatic heterocycles. The zero-order valence-electron chi connectivity index (χ0n) is 18.1. The largest absolute Gasteiger partial charge is 0.462 e. The molecule has 2 amide bonds. The van der Waals surface area contributed by atoms with E-state index in [0.29, 0.717) is 24.4 Å². The number of carbonyl (C=O) groups is 2. The van der Waals surface area contributed by atoms with E-state index in [1.54, 1.807) is 60.4 Å². The molecule has 0 bridgehead atoms. The molecule has 9 heteroatoms. The van der Waals surface area contributed by atoms with Crippen molar-refractivity contribution in [3.05, 3.63) is 59.7 Å². The Morgan fingerprint density at radius 2 is 1.61 bits per heavy atom. The molecule has 31 heavy (non-hydrogen) atoms. The van der Waals surface area contributed by atoms with Crippen LogP contribution in [0.4, 0.5) is 10.5 Å². The van der Waals surface area contributed by atoms with Crippen LogP contribution in [0.3, 0.4) is 0 Å². The molecular formula is C22H28N2O6S. The number of hydrogen-bond donors (Lipinski definition) is 1. The zero-order valence-corrected chi connectivity index (χ0v) is 18.9. The first kappa shape index (κ1) is 24.2. The fourth-order valence-electron chi connectivity index (χ4n) is 2.64. The van der Waals surface area contributed by atoms with Crippen LogP contribution in [0.2, 0.25) is 0 Å². The molecule has 0 saturated heterocycles. The Hall–Kier alpha value is -3.07. The fraction of sp³-hybridized carbons (Fsp3) is 0.364. The Kier molecular flexibility index (Phi) is 8.44. The number of hydrogen-bond acceptors (Lipinski definition) is 6. The maximum atomic E-state index is 12.8. The molecule has 168 valence electrons. The van der Waals surface area contributed by atoms with E-state index in [4.69, 9.17) is 8.92 Å². The van der Waals surface area contributed by atoms with Gasteiger partial charge in [-0.25, -0.2) is 9.59 Å². The van der Waals surface area contributed by atoms with E-state index in [9.17, 15) is 18.0 Å². The fourth-order valence-corrected chi connectivity index (χ4v) is 3.16. The van der Waals surface area contributed by atoms with Crippen molar-refractivity contribution in [3.63, 3.8) is 0 Å². The van der Waals surface area contributed by atoms with Gasteiger partial charge in [0.2, 0.25) is 0 Å². The molecule has 1 N–H and O–H groups in total. The van der Waals surface area contributed by atoms with Crippen LogP contribution in [0.25, 0.3) is 0 Å². The topological polar surface area (TPSA) is 102 Å². The predicted molar refractivity (Wildman–Crippen MR) is 119 cm³/mol. The van der Waals surface area contributed by atoms with Gasteiger partial charge in [0.05, 0.1) is 17.9 Å².